The first-order valence-corrected chi connectivity index (χ1v) is 6.84. The van der Waals surface area contributed by atoms with E-state index in [4.69, 9.17) is 0 Å². The van der Waals surface area contributed by atoms with Crippen LogP contribution >= 0.6 is 0 Å². The fraction of sp³-hybridized carbons (Fsp3) is 0.533. The molecule has 1 amide bonds. The highest BCUT2D eigenvalue weighted by molar-refractivity contribution is 5.93. The number of amides is 1. The summed E-state index contributed by atoms with van der Waals surface area (Å²) in [4.78, 5) is 29.3. The zero-order valence-corrected chi connectivity index (χ0v) is 12.4. The molecule has 1 aliphatic rings. The predicted octanol–water partition coefficient (Wildman–Crippen LogP) is 1.19. The molecule has 0 fully saturated rings. The number of carbonyl (C=O) groups is 2. The topological polar surface area (TPSA) is 62.3 Å². The van der Waals surface area contributed by atoms with E-state index in [2.05, 4.69) is 10.3 Å². The van der Waals surface area contributed by atoms with Gasteiger partial charge in [-0.3, -0.25) is 9.69 Å². The van der Waals surface area contributed by atoms with Gasteiger partial charge in [-0.05, 0) is 58.0 Å². The van der Waals surface area contributed by atoms with Crippen LogP contribution in [0.15, 0.2) is 6.07 Å². The molecule has 0 aliphatic heterocycles. The van der Waals surface area contributed by atoms with E-state index in [1.807, 2.05) is 38.9 Å². The van der Waals surface area contributed by atoms with Gasteiger partial charge in [0.2, 0.25) is 5.91 Å². The van der Waals surface area contributed by atoms with E-state index in [0.717, 1.165) is 29.5 Å². The number of nitrogens with one attached hydrogen (secondary N) is 1. The summed E-state index contributed by atoms with van der Waals surface area (Å²) in [5.74, 6) is 0.529. The fourth-order valence-corrected chi connectivity index (χ4v) is 2.42. The van der Waals surface area contributed by atoms with Crippen molar-refractivity contribution in [2.75, 3.05) is 19.4 Å². The fourth-order valence-electron chi connectivity index (χ4n) is 2.42. The molecule has 108 valence electrons. The van der Waals surface area contributed by atoms with Crippen LogP contribution in [0.2, 0.25) is 0 Å². The zero-order chi connectivity index (χ0) is 14.9. The van der Waals surface area contributed by atoms with E-state index in [-0.39, 0.29) is 17.9 Å². The number of fused-ring (bicyclic) bond motifs is 1. The smallest absolute Gasteiger partial charge is 0.242 e. The van der Waals surface area contributed by atoms with Crippen LogP contribution in [0, 0.1) is 12.8 Å². The molecule has 1 aromatic rings. The van der Waals surface area contributed by atoms with Gasteiger partial charge in [-0.2, -0.15) is 0 Å². The Morgan fingerprint density at radius 2 is 2.20 bits per heavy atom. The standard InChI is InChI=1S/C15H21N3O2/c1-9-5-14(17-15(20)10(2)18(3)4)16-13-7-11(8-19)6-12(9)13/h5,8,10-11H,6-7H2,1-4H3,(H,16,17,20)/t10-,11?/m1/s1. The molecular weight excluding hydrogens is 254 g/mol. The molecule has 1 aliphatic carbocycles. The van der Waals surface area contributed by atoms with Crippen molar-refractivity contribution in [3.05, 3.63) is 22.9 Å². The number of aryl methyl sites for hydroxylation is 1. The van der Waals surface area contributed by atoms with Gasteiger partial charge in [-0.15, -0.1) is 0 Å². The lowest BCUT2D eigenvalue weighted by Gasteiger charge is -2.19. The highest BCUT2D eigenvalue weighted by Gasteiger charge is 2.25. The van der Waals surface area contributed by atoms with Gasteiger partial charge in [0, 0.05) is 11.6 Å². The van der Waals surface area contributed by atoms with Crippen molar-refractivity contribution in [3.8, 4) is 0 Å². The van der Waals surface area contributed by atoms with E-state index in [9.17, 15) is 9.59 Å². The van der Waals surface area contributed by atoms with E-state index in [1.165, 1.54) is 0 Å². The highest BCUT2D eigenvalue weighted by Crippen LogP contribution is 2.28. The Balaban J connectivity index is 2.18. The van der Waals surface area contributed by atoms with Crippen LogP contribution in [0.5, 0.6) is 0 Å². The maximum absolute atomic E-state index is 12.0. The minimum Gasteiger partial charge on any atom is -0.309 e. The summed E-state index contributed by atoms with van der Waals surface area (Å²) in [5.41, 5.74) is 3.18. The number of hydrogen-bond acceptors (Lipinski definition) is 4. The lowest BCUT2D eigenvalue weighted by Crippen LogP contribution is -2.37. The third-order valence-electron chi connectivity index (χ3n) is 3.95. The summed E-state index contributed by atoms with van der Waals surface area (Å²) in [6, 6.07) is 1.67. The summed E-state index contributed by atoms with van der Waals surface area (Å²) in [6.45, 7) is 3.84. The maximum Gasteiger partial charge on any atom is 0.242 e. The highest BCUT2D eigenvalue weighted by atomic mass is 16.2. The maximum atomic E-state index is 12.0. The normalized spacial score (nSPS) is 18.8. The van der Waals surface area contributed by atoms with Gasteiger partial charge in [-0.25, -0.2) is 4.98 Å². The quantitative estimate of drug-likeness (QED) is 0.839. The molecule has 2 atom stereocenters. The molecule has 0 spiro atoms. The Labute approximate surface area is 119 Å². The summed E-state index contributed by atoms with van der Waals surface area (Å²) in [5, 5.41) is 2.85. The Hall–Kier alpha value is -1.75. The van der Waals surface area contributed by atoms with E-state index < -0.39 is 0 Å². The molecule has 0 radical (unpaired) electrons. The number of carbonyl (C=O) groups excluding carboxylic acids is 2. The van der Waals surface area contributed by atoms with Crippen LogP contribution in [0.1, 0.15) is 23.7 Å². The predicted molar refractivity (Wildman–Crippen MR) is 77.7 cm³/mol. The largest absolute Gasteiger partial charge is 0.309 e. The summed E-state index contributed by atoms with van der Waals surface area (Å²) in [7, 11) is 3.72. The average Bonchev–Trinajstić information content (AvgIpc) is 2.81. The minimum absolute atomic E-state index is 0.0304. The zero-order valence-electron chi connectivity index (χ0n) is 12.4. The molecule has 1 N–H and O–H groups in total. The second-order valence-electron chi connectivity index (χ2n) is 5.68. The average molecular weight is 275 g/mol. The number of aromatic nitrogens is 1. The third-order valence-corrected chi connectivity index (χ3v) is 3.95. The second kappa shape index (κ2) is 5.71. The lowest BCUT2D eigenvalue weighted by atomic mass is 10.1. The van der Waals surface area contributed by atoms with Crippen molar-refractivity contribution in [3.63, 3.8) is 0 Å². The molecule has 5 nitrogen and oxygen atoms in total. The number of nitrogens with zero attached hydrogens (tertiary/aromatic N) is 2. The Morgan fingerprint density at radius 3 is 2.80 bits per heavy atom. The van der Waals surface area contributed by atoms with E-state index in [0.29, 0.717) is 12.2 Å². The number of anilines is 1. The molecule has 2 rings (SSSR count). The van der Waals surface area contributed by atoms with Gasteiger partial charge in [0.05, 0.1) is 6.04 Å². The molecule has 0 saturated carbocycles. The van der Waals surface area contributed by atoms with Gasteiger partial charge in [-0.1, -0.05) is 0 Å². The molecule has 1 unspecified atom stereocenters. The molecule has 0 saturated heterocycles. The Kier molecular flexibility index (Phi) is 4.18. The van der Waals surface area contributed by atoms with Gasteiger partial charge >= 0.3 is 0 Å². The first-order chi connectivity index (χ1) is 9.42. The number of likely N-dealkylation sites (N-methyl/N-ethyl adjacent to an activating group) is 1. The van der Waals surface area contributed by atoms with Crippen molar-refractivity contribution in [1.82, 2.24) is 9.88 Å². The van der Waals surface area contributed by atoms with Crippen molar-refractivity contribution in [2.45, 2.75) is 32.7 Å². The van der Waals surface area contributed by atoms with Crippen molar-refractivity contribution >= 4 is 18.0 Å². The van der Waals surface area contributed by atoms with Crippen molar-refractivity contribution in [1.29, 1.82) is 0 Å². The van der Waals surface area contributed by atoms with Crippen LogP contribution < -0.4 is 5.32 Å². The van der Waals surface area contributed by atoms with Crippen LogP contribution in [0.25, 0.3) is 0 Å². The summed E-state index contributed by atoms with van der Waals surface area (Å²) in [6.07, 6.45) is 2.43. The number of rotatable bonds is 4. The molecule has 5 heteroatoms. The van der Waals surface area contributed by atoms with Crippen molar-refractivity contribution in [2.24, 2.45) is 5.92 Å². The minimum atomic E-state index is -0.215. The van der Waals surface area contributed by atoms with Gasteiger partial charge in [0.1, 0.15) is 12.1 Å². The first kappa shape index (κ1) is 14.7. The Bertz CT molecular complexity index is 540. The van der Waals surface area contributed by atoms with Crippen molar-refractivity contribution < 1.29 is 9.59 Å². The van der Waals surface area contributed by atoms with E-state index in [1.54, 1.807) is 0 Å². The van der Waals surface area contributed by atoms with Crippen LogP contribution in [0.4, 0.5) is 5.82 Å². The lowest BCUT2D eigenvalue weighted by molar-refractivity contribution is -0.120. The molecule has 1 aromatic heterocycles. The summed E-state index contributed by atoms with van der Waals surface area (Å²) >= 11 is 0. The van der Waals surface area contributed by atoms with Crippen LogP contribution in [0.3, 0.4) is 0 Å². The first-order valence-electron chi connectivity index (χ1n) is 6.84. The SMILES string of the molecule is Cc1cc(NC(=O)[C@@H](C)N(C)C)nc2c1CC(C=O)C2. The molecule has 1 heterocycles. The molecule has 0 bridgehead atoms. The monoisotopic (exact) mass is 275 g/mol. The molecular formula is C15H21N3O2. The van der Waals surface area contributed by atoms with Gasteiger partial charge in [0.25, 0.3) is 0 Å². The third kappa shape index (κ3) is 2.88. The Morgan fingerprint density at radius 1 is 1.50 bits per heavy atom. The van der Waals surface area contributed by atoms with Gasteiger partial charge in [0.15, 0.2) is 0 Å². The van der Waals surface area contributed by atoms with Crippen LogP contribution in [-0.4, -0.2) is 42.2 Å². The molecule has 0 aromatic carbocycles. The number of aldehydes is 1. The van der Waals surface area contributed by atoms with Crippen LogP contribution in [-0.2, 0) is 22.4 Å². The van der Waals surface area contributed by atoms with E-state index >= 15 is 0 Å². The molecule has 20 heavy (non-hydrogen) atoms. The second-order valence-corrected chi connectivity index (χ2v) is 5.68. The summed E-state index contributed by atoms with van der Waals surface area (Å²) < 4.78 is 0. The van der Waals surface area contributed by atoms with Gasteiger partial charge < -0.3 is 10.1 Å². The number of hydrogen-bond donors (Lipinski definition) is 1. The number of pyridine rings is 1.